The van der Waals surface area contributed by atoms with E-state index in [0.29, 0.717) is 16.2 Å². The number of benzene rings is 1. The molecule has 0 aliphatic heterocycles. The van der Waals surface area contributed by atoms with Crippen LogP contribution in [0.3, 0.4) is 0 Å². The van der Waals surface area contributed by atoms with Gasteiger partial charge in [-0.1, -0.05) is 77.0 Å². The largest absolute Gasteiger partial charge is 0.299 e. The second-order valence-corrected chi connectivity index (χ2v) is 17.1. The Labute approximate surface area is 167 Å². The molecule has 3 atom stereocenters. The number of ketones is 1. The Hall–Kier alpha value is -0.893. The summed E-state index contributed by atoms with van der Waals surface area (Å²) in [4.78, 5) is 13.6. The van der Waals surface area contributed by atoms with Gasteiger partial charge in [0.05, 0.1) is 13.5 Å². The Bertz CT molecular complexity index is 710. The van der Waals surface area contributed by atoms with E-state index in [-0.39, 0.29) is 5.41 Å². The Morgan fingerprint density at radius 1 is 0.926 bits per heavy atom. The molecule has 0 amide bonds. The monoisotopic (exact) mass is 382 g/mol. The smallest absolute Gasteiger partial charge is 0.143 e. The maximum Gasteiger partial charge on any atom is 0.143 e. The van der Waals surface area contributed by atoms with Gasteiger partial charge in [0.2, 0.25) is 0 Å². The Morgan fingerprint density at radius 2 is 1.59 bits per heavy atom. The number of hydrogen-bond donors (Lipinski definition) is 0. The van der Waals surface area contributed by atoms with Gasteiger partial charge in [0.1, 0.15) is 5.78 Å². The van der Waals surface area contributed by atoms with Crippen LogP contribution in [0.5, 0.6) is 0 Å². The molecule has 3 saturated carbocycles. The van der Waals surface area contributed by atoms with E-state index >= 15 is 0 Å². The Kier molecular flexibility index (Phi) is 4.54. The van der Waals surface area contributed by atoms with Crippen molar-refractivity contribution in [3.05, 3.63) is 35.9 Å². The SMILES string of the molecule is CC(C)(C)[Si](C)(C)C1CCC2CCC(=O)C(c3ccccc3)(CC1)C21CC1. The highest BCUT2D eigenvalue weighted by atomic mass is 28.3. The van der Waals surface area contributed by atoms with Crippen LogP contribution in [0.1, 0.15) is 77.7 Å². The van der Waals surface area contributed by atoms with Crippen molar-refractivity contribution in [1.82, 2.24) is 0 Å². The molecular formula is C25H38OSi. The van der Waals surface area contributed by atoms with Crippen molar-refractivity contribution < 1.29 is 4.79 Å². The summed E-state index contributed by atoms with van der Waals surface area (Å²) < 4.78 is 0. The second-order valence-electron chi connectivity index (χ2n) is 11.4. The molecule has 0 saturated heterocycles. The second kappa shape index (κ2) is 6.30. The van der Waals surface area contributed by atoms with Gasteiger partial charge in [-0.2, -0.15) is 0 Å². The van der Waals surface area contributed by atoms with Gasteiger partial charge < -0.3 is 0 Å². The first kappa shape index (κ1) is 19.4. The zero-order valence-electron chi connectivity index (χ0n) is 18.1. The van der Waals surface area contributed by atoms with Gasteiger partial charge in [0.25, 0.3) is 0 Å². The molecule has 1 spiro atoms. The molecule has 3 aliphatic carbocycles. The van der Waals surface area contributed by atoms with Crippen molar-refractivity contribution in [2.45, 2.75) is 101 Å². The summed E-state index contributed by atoms with van der Waals surface area (Å²) in [6, 6.07) is 10.9. The van der Waals surface area contributed by atoms with Crippen LogP contribution in [0.25, 0.3) is 0 Å². The number of Topliss-reactive ketones (excluding diaryl/α,β-unsaturated/α-hetero) is 1. The molecule has 0 radical (unpaired) electrons. The minimum atomic E-state index is -1.40. The van der Waals surface area contributed by atoms with Gasteiger partial charge in [-0.25, -0.2) is 0 Å². The summed E-state index contributed by atoms with van der Waals surface area (Å²) in [5.74, 6) is 1.33. The van der Waals surface area contributed by atoms with Crippen LogP contribution in [0.4, 0.5) is 0 Å². The third kappa shape index (κ3) is 2.73. The Morgan fingerprint density at radius 3 is 2.19 bits per heavy atom. The lowest BCUT2D eigenvalue weighted by molar-refractivity contribution is -0.134. The lowest BCUT2D eigenvalue weighted by Crippen LogP contribution is -2.53. The fraction of sp³-hybridized carbons (Fsp3) is 0.720. The fourth-order valence-corrected chi connectivity index (χ4v) is 9.77. The molecule has 27 heavy (non-hydrogen) atoms. The summed E-state index contributed by atoms with van der Waals surface area (Å²) in [6.07, 6.45) is 9.64. The van der Waals surface area contributed by atoms with E-state index in [4.69, 9.17) is 0 Å². The van der Waals surface area contributed by atoms with Crippen molar-refractivity contribution in [3.63, 3.8) is 0 Å². The summed E-state index contributed by atoms with van der Waals surface area (Å²) in [7, 11) is -1.40. The molecule has 1 aromatic carbocycles. The molecule has 4 rings (SSSR count). The average Bonchev–Trinajstić information content (AvgIpc) is 3.40. The van der Waals surface area contributed by atoms with Crippen LogP contribution < -0.4 is 0 Å². The van der Waals surface area contributed by atoms with E-state index in [2.05, 4.69) is 64.2 Å². The van der Waals surface area contributed by atoms with Crippen molar-refractivity contribution >= 4 is 13.9 Å². The van der Waals surface area contributed by atoms with E-state index in [1.54, 1.807) is 0 Å². The zero-order chi connectivity index (χ0) is 19.5. The molecule has 1 nitrogen and oxygen atoms in total. The quantitative estimate of drug-likeness (QED) is 0.497. The lowest BCUT2D eigenvalue weighted by Gasteiger charge is -2.53. The normalized spacial score (nSPS) is 33.4. The van der Waals surface area contributed by atoms with Crippen molar-refractivity contribution in [2.75, 3.05) is 0 Å². The van der Waals surface area contributed by atoms with Crippen LogP contribution in [0, 0.1) is 11.3 Å². The molecule has 0 aromatic heterocycles. The number of carbonyl (C=O) groups is 1. The topological polar surface area (TPSA) is 17.1 Å². The number of hydrogen-bond acceptors (Lipinski definition) is 1. The van der Waals surface area contributed by atoms with Crippen molar-refractivity contribution in [3.8, 4) is 0 Å². The minimum absolute atomic E-state index is 0.182. The van der Waals surface area contributed by atoms with Crippen LogP contribution in [0.15, 0.2) is 30.3 Å². The molecule has 3 aliphatic rings. The third-order valence-electron chi connectivity index (χ3n) is 9.57. The van der Waals surface area contributed by atoms with E-state index in [0.717, 1.165) is 30.7 Å². The zero-order valence-corrected chi connectivity index (χ0v) is 19.1. The minimum Gasteiger partial charge on any atom is -0.299 e. The molecule has 1 aromatic rings. The first-order chi connectivity index (χ1) is 12.7. The van der Waals surface area contributed by atoms with Gasteiger partial charge in [0.15, 0.2) is 0 Å². The van der Waals surface area contributed by atoms with Crippen LogP contribution in [0.2, 0.25) is 23.7 Å². The molecule has 3 unspecified atom stereocenters. The maximum absolute atomic E-state index is 13.6. The number of carbonyl (C=O) groups excluding carboxylic acids is 1. The lowest BCUT2D eigenvalue weighted by atomic mass is 9.52. The van der Waals surface area contributed by atoms with Crippen LogP contribution in [-0.4, -0.2) is 13.9 Å². The molecule has 3 fully saturated rings. The van der Waals surface area contributed by atoms with Gasteiger partial charge in [-0.05, 0) is 59.6 Å². The highest BCUT2D eigenvalue weighted by Crippen LogP contribution is 2.71. The third-order valence-corrected chi connectivity index (χ3v) is 16.1. The van der Waals surface area contributed by atoms with Gasteiger partial charge >= 0.3 is 0 Å². The molecule has 2 bridgehead atoms. The fourth-order valence-electron chi connectivity index (χ4n) is 6.79. The summed E-state index contributed by atoms with van der Waals surface area (Å²) in [5, 5.41) is 0.424. The predicted molar refractivity (Wildman–Crippen MR) is 117 cm³/mol. The van der Waals surface area contributed by atoms with Crippen molar-refractivity contribution in [1.29, 1.82) is 0 Å². The van der Waals surface area contributed by atoms with E-state index < -0.39 is 8.07 Å². The molecule has 148 valence electrons. The van der Waals surface area contributed by atoms with Crippen LogP contribution >= 0.6 is 0 Å². The van der Waals surface area contributed by atoms with Crippen LogP contribution in [-0.2, 0) is 10.2 Å². The first-order valence-corrected chi connectivity index (χ1v) is 14.3. The maximum atomic E-state index is 13.6. The summed E-state index contributed by atoms with van der Waals surface area (Å²) in [5.41, 5.74) is 2.29. The predicted octanol–water partition coefficient (Wildman–Crippen LogP) is 7.14. The van der Waals surface area contributed by atoms with Crippen molar-refractivity contribution in [2.24, 2.45) is 11.3 Å². The number of rotatable bonds is 2. The Balaban J connectivity index is 1.77. The summed E-state index contributed by atoms with van der Waals surface area (Å²) in [6.45, 7) is 12.6. The molecule has 0 N–H and O–H groups in total. The van der Waals surface area contributed by atoms with Gasteiger partial charge in [-0.15, -0.1) is 0 Å². The van der Waals surface area contributed by atoms with Gasteiger partial charge in [0, 0.05) is 6.42 Å². The average molecular weight is 383 g/mol. The molecule has 0 heterocycles. The highest BCUT2D eigenvalue weighted by Gasteiger charge is 2.68. The standard InChI is InChI=1S/C25H38OSi/c1-23(2,3)27(4,5)21-13-11-19-12-14-22(26)25(16-15-21,24(19)17-18-24)20-9-7-6-8-10-20/h6-10,19,21H,11-18H2,1-5H3. The molecular weight excluding hydrogens is 344 g/mol. The van der Waals surface area contributed by atoms with Gasteiger partial charge in [-0.3, -0.25) is 4.79 Å². The summed E-state index contributed by atoms with van der Waals surface area (Å²) >= 11 is 0. The van der Waals surface area contributed by atoms with E-state index in [1.165, 1.54) is 37.7 Å². The first-order valence-electron chi connectivity index (χ1n) is 11.2. The molecule has 2 heteroatoms. The highest BCUT2D eigenvalue weighted by molar-refractivity contribution is 6.81. The van der Waals surface area contributed by atoms with E-state index in [1.807, 2.05) is 0 Å². The van der Waals surface area contributed by atoms with E-state index in [9.17, 15) is 4.79 Å².